The Kier molecular flexibility index (Phi) is 3.33. The Morgan fingerprint density at radius 3 is 2.53 bits per heavy atom. The van der Waals surface area contributed by atoms with Crippen LogP contribution in [-0.4, -0.2) is 12.0 Å². The van der Waals surface area contributed by atoms with E-state index in [1.165, 1.54) is 28.3 Å². The van der Waals surface area contributed by atoms with Gasteiger partial charge < -0.3 is 5.32 Å². The highest BCUT2D eigenvalue weighted by atomic mass is 32.1. The van der Waals surface area contributed by atoms with Crippen molar-refractivity contribution in [2.45, 2.75) is 25.3 Å². The summed E-state index contributed by atoms with van der Waals surface area (Å²) in [5.41, 5.74) is 1.62. The van der Waals surface area contributed by atoms with Gasteiger partial charge in [0.25, 0.3) is 0 Å². The average Bonchev–Trinajstić information content (AvgIpc) is 3.10. The molecule has 0 atom stereocenters. The molecule has 0 saturated heterocycles. The second kappa shape index (κ2) is 4.98. The second-order valence-corrected chi connectivity index (χ2v) is 5.87. The van der Waals surface area contributed by atoms with Crippen molar-refractivity contribution in [2.24, 2.45) is 0 Å². The summed E-state index contributed by atoms with van der Waals surface area (Å²) in [6.07, 6.45) is 2.33. The van der Waals surface area contributed by atoms with Gasteiger partial charge in [0.05, 0.1) is 5.69 Å². The van der Waals surface area contributed by atoms with Crippen LogP contribution in [0.3, 0.4) is 0 Å². The molecule has 0 bridgehead atoms. The Balaban J connectivity index is 2.02. The molecule has 1 N–H and O–H groups in total. The molecule has 1 heterocycles. The molecule has 1 aromatic carbocycles. The average molecular weight is 280 g/mol. The van der Waals surface area contributed by atoms with E-state index < -0.39 is 11.6 Å². The van der Waals surface area contributed by atoms with Crippen molar-refractivity contribution in [3.8, 4) is 10.6 Å². The number of hydrogen-bond donors (Lipinski definition) is 1. The number of hydrogen-bond acceptors (Lipinski definition) is 3. The maximum atomic E-state index is 13.3. The van der Waals surface area contributed by atoms with Crippen LogP contribution in [-0.2, 0) is 6.54 Å². The third-order valence-corrected chi connectivity index (χ3v) is 4.26. The minimum absolute atomic E-state index is 0.520. The lowest BCUT2D eigenvalue weighted by molar-refractivity contribution is 0.584. The summed E-state index contributed by atoms with van der Waals surface area (Å²) in [7, 11) is 1.89. The highest BCUT2D eigenvalue weighted by Crippen LogP contribution is 2.44. The fourth-order valence-corrected chi connectivity index (χ4v) is 3.27. The van der Waals surface area contributed by atoms with Gasteiger partial charge in [-0.15, -0.1) is 11.3 Å². The lowest BCUT2D eigenvalue weighted by atomic mass is 10.2. The molecule has 0 unspecified atom stereocenters. The minimum atomic E-state index is -0.562. The predicted octanol–water partition coefficient (Wildman–Crippen LogP) is 3.69. The summed E-state index contributed by atoms with van der Waals surface area (Å²) < 4.78 is 26.5. The number of aromatic nitrogens is 1. The van der Waals surface area contributed by atoms with Gasteiger partial charge in [-0.05, 0) is 32.0 Å². The molecule has 19 heavy (non-hydrogen) atoms. The third-order valence-electron chi connectivity index (χ3n) is 3.14. The van der Waals surface area contributed by atoms with Gasteiger partial charge in [-0.25, -0.2) is 13.8 Å². The molecule has 5 heteroatoms. The fourth-order valence-electron chi connectivity index (χ4n) is 2.13. The normalized spacial score (nSPS) is 14.9. The van der Waals surface area contributed by atoms with Crippen molar-refractivity contribution in [3.63, 3.8) is 0 Å². The van der Waals surface area contributed by atoms with Gasteiger partial charge in [-0.3, -0.25) is 0 Å². The number of benzene rings is 1. The van der Waals surface area contributed by atoms with Crippen LogP contribution in [0.2, 0.25) is 0 Å². The monoisotopic (exact) mass is 280 g/mol. The van der Waals surface area contributed by atoms with E-state index in [0.29, 0.717) is 16.5 Å². The predicted molar refractivity (Wildman–Crippen MR) is 72.2 cm³/mol. The number of rotatable bonds is 4. The number of thiazole rings is 1. The van der Waals surface area contributed by atoms with Crippen molar-refractivity contribution in [1.82, 2.24) is 10.3 Å². The van der Waals surface area contributed by atoms with E-state index in [9.17, 15) is 8.78 Å². The van der Waals surface area contributed by atoms with Crippen molar-refractivity contribution in [1.29, 1.82) is 0 Å². The molecule has 1 fully saturated rings. The minimum Gasteiger partial charge on any atom is -0.315 e. The highest BCUT2D eigenvalue weighted by molar-refractivity contribution is 7.15. The van der Waals surface area contributed by atoms with Crippen LogP contribution in [0.25, 0.3) is 10.6 Å². The Labute approximate surface area is 114 Å². The van der Waals surface area contributed by atoms with Crippen LogP contribution in [0, 0.1) is 11.6 Å². The summed E-state index contributed by atoms with van der Waals surface area (Å²) in [5, 5.41) is 3.82. The zero-order valence-corrected chi connectivity index (χ0v) is 11.4. The van der Waals surface area contributed by atoms with Crippen LogP contribution < -0.4 is 5.32 Å². The van der Waals surface area contributed by atoms with Crippen LogP contribution in [0.5, 0.6) is 0 Å². The Morgan fingerprint density at radius 2 is 1.95 bits per heavy atom. The summed E-state index contributed by atoms with van der Waals surface area (Å²) in [6.45, 7) is 0.751. The molecule has 3 rings (SSSR count). The van der Waals surface area contributed by atoms with E-state index in [1.807, 2.05) is 7.05 Å². The van der Waals surface area contributed by atoms with E-state index in [0.717, 1.165) is 31.1 Å². The van der Waals surface area contributed by atoms with Crippen molar-refractivity contribution in [2.75, 3.05) is 7.05 Å². The smallest absolute Gasteiger partial charge is 0.126 e. The lowest BCUT2D eigenvalue weighted by Crippen LogP contribution is -2.05. The summed E-state index contributed by atoms with van der Waals surface area (Å²) in [4.78, 5) is 5.76. The Hall–Kier alpha value is -1.33. The molecule has 0 aliphatic heterocycles. The van der Waals surface area contributed by atoms with Gasteiger partial charge >= 0.3 is 0 Å². The fraction of sp³-hybridized carbons (Fsp3) is 0.357. The number of nitrogens with zero attached hydrogens (tertiary/aromatic N) is 1. The maximum absolute atomic E-state index is 13.3. The van der Waals surface area contributed by atoms with Gasteiger partial charge in [-0.2, -0.15) is 0 Å². The van der Waals surface area contributed by atoms with Crippen LogP contribution in [0.4, 0.5) is 8.78 Å². The van der Waals surface area contributed by atoms with Crippen molar-refractivity contribution >= 4 is 11.3 Å². The Morgan fingerprint density at radius 1 is 1.26 bits per heavy atom. The molecule has 0 spiro atoms. The molecule has 1 aliphatic rings. The first-order chi connectivity index (χ1) is 9.17. The molecule has 1 aromatic heterocycles. The molecule has 0 amide bonds. The lowest BCUT2D eigenvalue weighted by Gasteiger charge is -1.97. The maximum Gasteiger partial charge on any atom is 0.126 e. The highest BCUT2D eigenvalue weighted by Gasteiger charge is 2.29. The SMILES string of the molecule is CNCc1sc(-c2cc(F)cc(F)c2)nc1C1CC1. The van der Waals surface area contributed by atoms with E-state index in [1.54, 1.807) is 0 Å². The number of nitrogens with one attached hydrogen (secondary N) is 1. The first-order valence-electron chi connectivity index (χ1n) is 6.28. The first-order valence-corrected chi connectivity index (χ1v) is 7.09. The summed E-state index contributed by atoms with van der Waals surface area (Å²) in [5.74, 6) is -0.589. The van der Waals surface area contributed by atoms with E-state index in [-0.39, 0.29) is 0 Å². The molecule has 100 valence electrons. The van der Waals surface area contributed by atoms with Crippen molar-refractivity contribution < 1.29 is 8.78 Å². The molecular weight excluding hydrogens is 266 g/mol. The van der Waals surface area contributed by atoms with Crippen molar-refractivity contribution in [3.05, 3.63) is 40.4 Å². The molecule has 0 radical (unpaired) electrons. The van der Waals surface area contributed by atoms with E-state index in [4.69, 9.17) is 0 Å². The van der Waals surface area contributed by atoms with E-state index in [2.05, 4.69) is 10.3 Å². The molecule has 1 saturated carbocycles. The summed E-state index contributed by atoms with van der Waals surface area (Å²) >= 11 is 1.52. The van der Waals surface area contributed by atoms with Gasteiger partial charge in [-0.1, -0.05) is 0 Å². The second-order valence-electron chi connectivity index (χ2n) is 4.79. The zero-order chi connectivity index (χ0) is 13.4. The van der Waals surface area contributed by atoms with Gasteiger partial charge in [0.1, 0.15) is 16.6 Å². The molecular formula is C14H14F2N2S. The van der Waals surface area contributed by atoms with Gasteiger partial charge in [0, 0.05) is 29.0 Å². The van der Waals surface area contributed by atoms with Crippen LogP contribution in [0.1, 0.15) is 29.3 Å². The van der Waals surface area contributed by atoms with Crippen LogP contribution in [0.15, 0.2) is 18.2 Å². The van der Waals surface area contributed by atoms with E-state index >= 15 is 0 Å². The third kappa shape index (κ3) is 2.67. The topological polar surface area (TPSA) is 24.9 Å². The Bertz CT molecular complexity index is 585. The number of halogens is 2. The quantitative estimate of drug-likeness (QED) is 0.924. The van der Waals surface area contributed by atoms with Gasteiger partial charge in [0.15, 0.2) is 0 Å². The van der Waals surface area contributed by atoms with Gasteiger partial charge in [0.2, 0.25) is 0 Å². The zero-order valence-electron chi connectivity index (χ0n) is 10.5. The molecule has 2 nitrogen and oxygen atoms in total. The first kappa shape index (κ1) is 12.7. The standard InChI is InChI=1S/C14H14F2N2S/c1-17-7-12-13(8-2-3-8)18-14(19-12)9-4-10(15)6-11(16)5-9/h4-6,8,17H,2-3,7H2,1H3. The van der Waals surface area contributed by atoms with Crippen LogP contribution >= 0.6 is 11.3 Å². The summed E-state index contributed by atoms with van der Waals surface area (Å²) in [6, 6.07) is 3.55. The molecule has 2 aromatic rings. The molecule has 1 aliphatic carbocycles. The largest absolute Gasteiger partial charge is 0.315 e.